The molecule has 6 nitrogen and oxygen atoms in total. The van der Waals surface area contributed by atoms with Gasteiger partial charge in [-0.2, -0.15) is 0 Å². The fraction of sp³-hybridized carbons (Fsp3) is 0.462. The second-order valence-electron chi connectivity index (χ2n) is 17.9. The molecular formula is C52H63Cl4O6+. The largest absolute Gasteiger partial charge is 0.506 e. The Bertz CT molecular complexity index is 2230. The van der Waals surface area contributed by atoms with Gasteiger partial charge in [-0.3, -0.25) is 4.79 Å². The monoisotopic (exact) mass is 923 g/mol. The number of ether oxygens (including phenoxy) is 3. The van der Waals surface area contributed by atoms with E-state index < -0.39 is 10.8 Å². The van der Waals surface area contributed by atoms with E-state index in [1.165, 1.54) is 12.8 Å². The molecule has 2 heterocycles. The minimum Gasteiger partial charge on any atom is -0.506 e. The van der Waals surface area contributed by atoms with Crippen molar-refractivity contribution in [2.75, 3.05) is 26.4 Å². The maximum Gasteiger partial charge on any atom is 0.360 e. The van der Waals surface area contributed by atoms with Gasteiger partial charge in [-0.25, -0.2) is 4.42 Å². The van der Waals surface area contributed by atoms with Gasteiger partial charge < -0.3 is 19.3 Å². The summed E-state index contributed by atoms with van der Waals surface area (Å²) in [5.74, 6) is 2.97. The van der Waals surface area contributed by atoms with Crippen LogP contribution in [-0.2, 0) is 24.4 Å². The van der Waals surface area contributed by atoms with Crippen molar-refractivity contribution in [3.63, 3.8) is 0 Å². The third-order valence-corrected chi connectivity index (χ3v) is 13.2. The molecule has 0 saturated carbocycles. The molecule has 2 aromatic carbocycles. The molecule has 62 heavy (non-hydrogen) atoms. The number of halogens is 4. The van der Waals surface area contributed by atoms with Gasteiger partial charge in [0.1, 0.15) is 22.7 Å². The van der Waals surface area contributed by atoms with Crippen LogP contribution in [0.15, 0.2) is 99.4 Å². The predicted octanol–water partition coefficient (Wildman–Crippen LogP) is 16.3. The van der Waals surface area contributed by atoms with Crippen LogP contribution in [0.4, 0.5) is 0 Å². The first-order chi connectivity index (χ1) is 29.5. The zero-order valence-corrected chi connectivity index (χ0v) is 40.6. The van der Waals surface area contributed by atoms with E-state index in [0.717, 1.165) is 49.7 Å². The van der Waals surface area contributed by atoms with Crippen LogP contribution in [0.2, 0.25) is 20.1 Å². The molecule has 0 fully saturated rings. The maximum atomic E-state index is 14.0. The lowest BCUT2D eigenvalue weighted by molar-refractivity contribution is -0.113. The third kappa shape index (κ3) is 12.9. The summed E-state index contributed by atoms with van der Waals surface area (Å²) in [6.07, 6.45) is 16.2. The molecule has 0 amide bonds. The molecule has 0 radical (unpaired) electrons. The summed E-state index contributed by atoms with van der Waals surface area (Å²) in [7, 11) is 0. The lowest BCUT2D eigenvalue weighted by Crippen LogP contribution is -2.26. The number of carbonyl (C=O) groups is 1. The molecule has 334 valence electrons. The molecule has 1 N–H and O–H groups in total. The molecule has 1 aliphatic carbocycles. The maximum absolute atomic E-state index is 14.0. The first-order valence-electron chi connectivity index (χ1n) is 22.1. The molecule has 10 heteroatoms. The van der Waals surface area contributed by atoms with Gasteiger partial charge >= 0.3 is 11.5 Å². The quantitative estimate of drug-likeness (QED) is 0.0799. The Morgan fingerprint density at radius 3 is 1.84 bits per heavy atom. The summed E-state index contributed by atoms with van der Waals surface area (Å²) in [6, 6.07) is 14.4. The minimum absolute atomic E-state index is 0.104. The lowest BCUT2D eigenvalue weighted by atomic mass is 9.83. The zero-order valence-electron chi connectivity index (χ0n) is 37.6. The van der Waals surface area contributed by atoms with E-state index in [9.17, 15) is 9.90 Å². The molecule has 3 aromatic rings. The van der Waals surface area contributed by atoms with Gasteiger partial charge in [0.2, 0.25) is 5.78 Å². The van der Waals surface area contributed by atoms with Crippen molar-refractivity contribution >= 4 is 64.0 Å². The van der Waals surface area contributed by atoms with Crippen LogP contribution in [0.25, 0.3) is 23.2 Å². The van der Waals surface area contributed by atoms with Gasteiger partial charge in [-0.05, 0) is 110 Å². The fourth-order valence-corrected chi connectivity index (χ4v) is 8.00. The molecule has 0 bridgehead atoms. The van der Waals surface area contributed by atoms with Gasteiger partial charge in [-0.1, -0.05) is 126 Å². The van der Waals surface area contributed by atoms with Crippen LogP contribution in [0.5, 0.6) is 0 Å². The summed E-state index contributed by atoms with van der Waals surface area (Å²) in [5.41, 5.74) is 2.11. The summed E-state index contributed by atoms with van der Waals surface area (Å²) >= 11 is 25.5. The Labute approximate surface area is 389 Å². The predicted molar refractivity (Wildman–Crippen MR) is 258 cm³/mol. The Balaban J connectivity index is 1.49. The second kappa shape index (κ2) is 22.5. The first kappa shape index (κ1) is 49.7. The minimum atomic E-state index is -0.531. The molecule has 2 unspecified atom stereocenters. The summed E-state index contributed by atoms with van der Waals surface area (Å²) in [4.78, 5) is 14.0. The summed E-state index contributed by atoms with van der Waals surface area (Å²) < 4.78 is 25.7. The van der Waals surface area contributed by atoms with E-state index in [0.29, 0.717) is 92.5 Å². The number of hydrogen-bond donors (Lipinski definition) is 1. The SMILES string of the molecule is CCCCC(CC)COCC(C)(C)C1=CC(=CC2=C(O)C(=Cc3cc(-c4ccc(Cl)c(Cl)c4)[o+]c(C(C)(C)COCC(CC)CCCC)c3)C2=O)C=C(c2ccc(Cl)c(Cl)c2)O1. The Morgan fingerprint density at radius 1 is 0.726 bits per heavy atom. The average Bonchev–Trinajstić information content (AvgIpc) is 3.25. The molecule has 1 aliphatic heterocycles. The van der Waals surface area contributed by atoms with E-state index in [1.807, 2.05) is 36.4 Å². The standard InChI is InChI=1S/C52H62Cl4O6/c1-9-13-15-33(11-3)29-59-31-51(5,6)47-25-35(23-45(61-47)37-17-19-41(53)43(55)27-37)21-39-49(57)40(50(39)58)22-36-24-46(38-18-20-42(54)44(56)28-38)62-48(26-36)52(7,8)32-60-30-34(12-4)16-14-10-2/h17-28,33-34H,9-16,29-32H2,1-8H3/p+1. The molecule has 0 saturated heterocycles. The number of aliphatic hydroxyl groups is 1. The molecule has 2 aliphatic rings. The van der Waals surface area contributed by atoms with Gasteiger partial charge in [0, 0.05) is 30.3 Å². The second-order valence-corrected chi connectivity index (χ2v) is 19.5. The van der Waals surface area contributed by atoms with E-state index in [-0.39, 0.29) is 22.7 Å². The number of benzene rings is 2. The van der Waals surface area contributed by atoms with Crippen molar-refractivity contribution in [2.24, 2.45) is 17.3 Å². The highest BCUT2D eigenvalue weighted by atomic mass is 35.5. The highest BCUT2D eigenvalue weighted by Crippen LogP contribution is 2.41. The van der Waals surface area contributed by atoms with Gasteiger partial charge in [0.15, 0.2) is 0 Å². The molecular weight excluding hydrogens is 862 g/mol. The molecule has 5 rings (SSSR count). The van der Waals surface area contributed by atoms with Crippen LogP contribution < -0.4 is 0 Å². The van der Waals surface area contributed by atoms with Crippen LogP contribution in [0.3, 0.4) is 0 Å². The van der Waals surface area contributed by atoms with Crippen molar-refractivity contribution < 1.29 is 28.5 Å². The van der Waals surface area contributed by atoms with Crippen LogP contribution in [0, 0.1) is 17.3 Å². The van der Waals surface area contributed by atoms with Crippen molar-refractivity contribution in [1.29, 1.82) is 0 Å². The van der Waals surface area contributed by atoms with Crippen molar-refractivity contribution in [2.45, 2.75) is 112 Å². The van der Waals surface area contributed by atoms with Crippen molar-refractivity contribution in [3.05, 3.63) is 132 Å². The smallest absolute Gasteiger partial charge is 0.360 e. The van der Waals surface area contributed by atoms with E-state index in [1.54, 1.807) is 36.4 Å². The van der Waals surface area contributed by atoms with E-state index in [4.69, 9.17) is 65.0 Å². The number of carbonyl (C=O) groups excluding carboxylic acids is 1. The van der Waals surface area contributed by atoms with Gasteiger partial charge in [-0.15, -0.1) is 0 Å². The normalized spacial score (nSPS) is 16.9. The molecule has 0 spiro atoms. The summed E-state index contributed by atoms with van der Waals surface area (Å²) in [5, 5.41) is 13.2. The number of ketones is 1. The van der Waals surface area contributed by atoms with Crippen LogP contribution in [-0.4, -0.2) is 37.3 Å². The number of aliphatic hydroxyl groups excluding tert-OH is 1. The topological polar surface area (TPSA) is 76.3 Å². The lowest BCUT2D eigenvalue weighted by Gasteiger charge is -2.31. The van der Waals surface area contributed by atoms with Crippen LogP contribution in [0.1, 0.15) is 124 Å². The van der Waals surface area contributed by atoms with Crippen LogP contribution >= 0.6 is 46.4 Å². The molecule has 1 aromatic heterocycles. The summed E-state index contributed by atoms with van der Waals surface area (Å²) in [6.45, 7) is 19.3. The van der Waals surface area contributed by atoms with Crippen molar-refractivity contribution in [3.8, 4) is 11.3 Å². The Hall–Kier alpha value is -3.36. The highest BCUT2D eigenvalue weighted by Gasteiger charge is 2.37. The fourth-order valence-electron chi connectivity index (χ4n) is 7.40. The van der Waals surface area contributed by atoms with E-state index >= 15 is 0 Å². The van der Waals surface area contributed by atoms with E-state index in [2.05, 4.69) is 55.4 Å². The third-order valence-electron chi connectivity index (χ3n) is 11.7. The zero-order chi connectivity index (χ0) is 45.2. The first-order valence-corrected chi connectivity index (χ1v) is 23.6. The highest BCUT2D eigenvalue weighted by molar-refractivity contribution is 6.42. The Kier molecular flexibility index (Phi) is 18.0. The number of rotatable bonds is 22. The van der Waals surface area contributed by atoms with Crippen molar-refractivity contribution in [1.82, 2.24) is 0 Å². The van der Waals surface area contributed by atoms with Gasteiger partial charge in [0.05, 0.1) is 56.1 Å². The molecule has 2 atom stereocenters. The number of allylic oxidation sites excluding steroid dienone is 6. The number of unbranched alkanes of at least 4 members (excludes halogenated alkanes) is 2. The Morgan fingerprint density at radius 2 is 1.29 bits per heavy atom. The number of Topliss-reactive ketones (excluding diaryl/α,β-unsaturated/α-hetero) is 1. The number of hydrogen-bond acceptors (Lipinski definition) is 5. The van der Waals surface area contributed by atoms with Gasteiger partial charge in [0.25, 0.3) is 0 Å². The average molecular weight is 926 g/mol.